The summed E-state index contributed by atoms with van der Waals surface area (Å²) >= 11 is 3.32. The molecule has 166 valence electrons. The van der Waals surface area contributed by atoms with Crippen LogP contribution in [0.15, 0.2) is 88.2 Å². The van der Waals surface area contributed by atoms with E-state index in [0.29, 0.717) is 30.8 Å². The van der Waals surface area contributed by atoms with Gasteiger partial charge < -0.3 is 10.1 Å². The lowest BCUT2D eigenvalue weighted by atomic mass is 9.99. The molecule has 1 aliphatic rings. The third kappa shape index (κ3) is 5.38. The summed E-state index contributed by atoms with van der Waals surface area (Å²) in [5.74, 6) is 0.809. The summed E-state index contributed by atoms with van der Waals surface area (Å²) in [6, 6.07) is 23.1. The first-order chi connectivity index (χ1) is 15.4. The van der Waals surface area contributed by atoms with Crippen molar-refractivity contribution in [2.75, 3.05) is 18.4 Å². The van der Waals surface area contributed by atoms with Crippen LogP contribution in [0.1, 0.15) is 12.8 Å². The molecule has 0 saturated carbocycles. The standard InChI is InChI=1S/C24H23BrN2O4S/c25-19-8-14-23(15-9-19)32(29,30)27-16-4-5-18(17-27)24(28)26-20-10-12-22(13-11-20)31-21-6-2-1-3-7-21/h1-3,6-15,18H,4-5,16-17H2,(H,26,28)/t18-/m0/s1. The average molecular weight is 515 g/mol. The molecule has 0 bridgehead atoms. The van der Waals surface area contributed by atoms with E-state index in [1.54, 1.807) is 48.5 Å². The van der Waals surface area contributed by atoms with Crippen molar-refractivity contribution in [3.05, 3.63) is 83.3 Å². The van der Waals surface area contributed by atoms with Crippen LogP contribution in [-0.2, 0) is 14.8 Å². The molecule has 1 amide bonds. The number of hydrogen-bond acceptors (Lipinski definition) is 4. The van der Waals surface area contributed by atoms with Gasteiger partial charge in [0, 0.05) is 23.2 Å². The molecule has 1 aliphatic heterocycles. The quantitative estimate of drug-likeness (QED) is 0.485. The molecule has 3 aromatic carbocycles. The Hall–Kier alpha value is -2.68. The van der Waals surface area contributed by atoms with E-state index < -0.39 is 15.9 Å². The molecule has 0 spiro atoms. The van der Waals surface area contributed by atoms with E-state index in [1.807, 2.05) is 30.3 Å². The van der Waals surface area contributed by atoms with E-state index in [4.69, 9.17) is 4.74 Å². The maximum Gasteiger partial charge on any atom is 0.243 e. The molecule has 1 fully saturated rings. The number of ether oxygens (including phenoxy) is 1. The second-order valence-corrected chi connectivity index (χ2v) is 10.4. The van der Waals surface area contributed by atoms with E-state index in [1.165, 1.54) is 4.31 Å². The molecule has 0 aromatic heterocycles. The normalized spacial score (nSPS) is 17.0. The lowest BCUT2D eigenvalue weighted by molar-refractivity contribution is -0.120. The predicted octanol–water partition coefficient (Wildman–Crippen LogP) is 5.28. The molecule has 32 heavy (non-hydrogen) atoms. The fourth-order valence-electron chi connectivity index (χ4n) is 3.61. The van der Waals surface area contributed by atoms with Crippen LogP contribution in [0.5, 0.6) is 11.5 Å². The first kappa shape index (κ1) is 22.5. The van der Waals surface area contributed by atoms with E-state index in [-0.39, 0.29) is 17.3 Å². The average Bonchev–Trinajstić information content (AvgIpc) is 2.81. The van der Waals surface area contributed by atoms with Crippen LogP contribution in [0.4, 0.5) is 5.69 Å². The van der Waals surface area contributed by atoms with Gasteiger partial charge in [-0.1, -0.05) is 34.1 Å². The van der Waals surface area contributed by atoms with Gasteiger partial charge in [-0.2, -0.15) is 4.31 Å². The van der Waals surface area contributed by atoms with Crippen LogP contribution in [0.2, 0.25) is 0 Å². The van der Waals surface area contributed by atoms with Gasteiger partial charge in [-0.05, 0) is 73.5 Å². The number of para-hydroxylation sites is 1. The van der Waals surface area contributed by atoms with E-state index in [0.717, 1.165) is 10.2 Å². The molecule has 0 radical (unpaired) electrons. The number of hydrogen-bond donors (Lipinski definition) is 1. The van der Waals surface area contributed by atoms with Crippen molar-refractivity contribution in [3.63, 3.8) is 0 Å². The third-order valence-corrected chi connectivity index (χ3v) is 7.72. The highest BCUT2D eigenvalue weighted by Gasteiger charge is 2.33. The fourth-order valence-corrected chi connectivity index (χ4v) is 5.39. The summed E-state index contributed by atoms with van der Waals surface area (Å²) in [6.07, 6.45) is 1.28. The van der Waals surface area contributed by atoms with Crippen LogP contribution in [-0.4, -0.2) is 31.7 Å². The molecule has 8 heteroatoms. The van der Waals surface area contributed by atoms with Crippen LogP contribution >= 0.6 is 15.9 Å². The zero-order valence-electron chi connectivity index (χ0n) is 17.3. The molecule has 4 rings (SSSR count). The minimum absolute atomic E-state index is 0.166. The molecule has 1 atom stereocenters. The Balaban J connectivity index is 1.38. The Kier molecular flexibility index (Phi) is 6.93. The molecule has 3 aromatic rings. The van der Waals surface area contributed by atoms with Crippen molar-refractivity contribution >= 4 is 37.5 Å². The number of anilines is 1. The second-order valence-electron chi connectivity index (χ2n) is 7.58. The Morgan fingerprint density at radius 2 is 1.59 bits per heavy atom. The lowest BCUT2D eigenvalue weighted by Gasteiger charge is -2.31. The Morgan fingerprint density at radius 1 is 0.938 bits per heavy atom. The van der Waals surface area contributed by atoms with Crippen molar-refractivity contribution < 1.29 is 17.9 Å². The third-order valence-electron chi connectivity index (χ3n) is 5.31. The first-order valence-corrected chi connectivity index (χ1v) is 12.5. The number of carbonyl (C=O) groups is 1. The molecule has 0 aliphatic carbocycles. The minimum atomic E-state index is -3.64. The molecular weight excluding hydrogens is 492 g/mol. The van der Waals surface area contributed by atoms with Crippen LogP contribution in [0.25, 0.3) is 0 Å². The zero-order chi connectivity index (χ0) is 22.6. The van der Waals surface area contributed by atoms with Crippen molar-refractivity contribution in [2.24, 2.45) is 5.92 Å². The van der Waals surface area contributed by atoms with Gasteiger partial charge in [0.15, 0.2) is 0 Å². The van der Waals surface area contributed by atoms with Gasteiger partial charge in [-0.25, -0.2) is 8.42 Å². The summed E-state index contributed by atoms with van der Waals surface area (Å²) in [5, 5.41) is 2.90. The van der Waals surface area contributed by atoms with E-state index in [2.05, 4.69) is 21.2 Å². The highest BCUT2D eigenvalue weighted by molar-refractivity contribution is 9.10. The topological polar surface area (TPSA) is 75.7 Å². The second kappa shape index (κ2) is 9.85. The highest BCUT2D eigenvalue weighted by atomic mass is 79.9. The Bertz CT molecular complexity index is 1170. The van der Waals surface area contributed by atoms with Gasteiger partial charge in [0.25, 0.3) is 0 Å². The Morgan fingerprint density at radius 3 is 2.28 bits per heavy atom. The lowest BCUT2D eigenvalue weighted by Crippen LogP contribution is -2.43. The number of rotatable bonds is 6. The smallest absolute Gasteiger partial charge is 0.243 e. The number of halogens is 1. The van der Waals surface area contributed by atoms with Crippen molar-refractivity contribution in [1.29, 1.82) is 0 Å². The number of nitrogens with one attached hydrogen (secondary N) is 1. The van der Waals surface area contributed by atoms with Crippen molar-refractivity contribution in [1.82, 2.24) is 4.31 Å². The first-order valence-electron chi connectivity index (χ1n) is 10.3. The summed E-state index contributed by atoms with van der Waals surface area (Å²) in [4.78, 5) is 13.1. The number of benzene rings is 3. The molecule has 6 nitrogen and oxygen atoms in total. The molecule has 1 heterocycles. The number of sulfonamides is 1. The number of carbonyl (C=O) groups excluding carboxylic acids is 1. The minimum Gasteiger partial charge on any atom is -0.457 e. The van der Waals surface area contributed by atoms with Crippen LogP contribution in [0.3, 0.4) is 0 Å². The van der Waals surface area contributed by atoms with Crippen LogP contribution in [0, 0.1) is 5.92 Å². The van der Waals surface area contributed by atoms with Crippen molar-refractivity contribution in [2.45, 2.75) is 17.7 Å². The van der Waals surface area contributed by atoms with E-state index in [9.17, 15) is 13.2 Å². The SMILES string of the molecule is O=C(Nc1ccc(Oc2ccccc2)cc1)[C@H]1CCCN(S(=O)(=O)c2ccc(Br)cc2)C1. The molecule has 0 unspecified atom stereocenters. The number of nitrogens with zero attached hydrogens (tertiary/aromatic N) is 1. The summed E-state index contributed by atoms with van der Waals surface area (Å²) < 4.78 is 33.9. The van der Waals surface area contributed by atoms with Gasteiger partial charge in [0.2, 0.25) is 15.9 Å². The maximum atomic E-state index is 13.0. The van der Waals surface area contributed by atoms with Gasteiger partial charge in [0.1, 0.15) is 11.5 Å². The summed E-state index contributed by atoms with van der Waals surface area (Å²) in [6.45, 7) is 0.577. The van der Waals surface area contributed by atoms with Crippen LogP contribution < -0.4 is 10.1 Å². The maximum absolute atomic E-state index is 13.0. The number of piperidine rings is 1. The van der Waals surface area contributed by atoms with Crippen molar-refractivity contribution in [3.8, 4) is 11.5 Å². The molecular formula is C24H23BrN2O4S. The summed E-state index contributed by atoms with van der Waals surface area (Å²) in [7, 11) is -3.64. The monoisotopic (exact) mass is 514 g/mol. The molecule has 1 saturated heterocycles. The summed E-state index contributed by atoms with van der Waals surface area (Å²) in [5.41, 5.74) is 0.642. The van der Waals surface area contributed by atoms with Gasteiger partial charge >= 0.3 is 0 Å². The van der Waals surface area contributed by atoms with Gasteiger partial charge in [-0.3, -0.25) is 4.79 Å². The predicted molar refractivity (Wildman–Crippen MR) is 127 cm³/mol. The Labute approximate surface area is 196 Å². The van der Waals surface area contributed by atoms with E-state index >= 15 is 0 Å². The largest absolute Gasteiger partial charge is 0.457 e. The van der Waals surface area contributed by atoms with Gasteiger partial charge in [-0.15, -0.1) is 0 Å². The van der Waals surface area contributed by atoms with Gasteiger partial charge in [0.05, 0.1) is 10.8 Å². The zero-order valence-corrected chi connectivity index (χ0v) is 19.7. The molecule has 1 N–H and O–H groups in total. The highest BCUT2D eigenvalue weighted by Crippen LogP contribution is 2.27. The number of amides is 1. The fraction of sp³-hybridized carbons (Fsp3) is 0.208.